The lowest BCUT2D eigenvalue weighted by molar-refractivity contribution is 0.101. The molecule has 118 valence electrons. The maximum Gasteiger partial charge on any atom is 0.159 e. The van der Waals surface area contributed by atoms with Crippen molar-refractivity contribution in [2.24, 2.45) is 7.05 Å². The third-order valence-electron chi connectivity index (χ3n) is 3.98. The standard InChI is InChI=1S/C18H18BrN3O/c1-12(23)14-4-3-5-15(10-14)13-6-8-16(9-7-13)21-18-17(19)11-20-22(18)2/h3-6,8-11,13,21H,7H2,1-2H3. The number of nitrogens with one attached hydrogen (secondary N) is 1. The van der Waals surface area contributed by atoms with Crippen molar-refractivity contribution in [2.45, 2.75) is 19.3 Å². The summed E-state index contributed by atoms with van der Waals surface area (Å²) >= 11 is 3.48. The van der Waals surface area contributed by atoms with E-state index in [0.29, 0.717) is 5.92 Å². The van der Waals surface area contributed by atoms with Gasteiger partial charge in [-0.1, -0.05) is 30.4 Å². The molecule has 4 nitrogen and oxygen atoms in total. The second kappa shape index (κ2) is 6.54. The van der Waals surface area contributed by atoms with Crippen LogP contribution >= 0.6 is 15.9 Å². The predicted molar refractivity (Wildman–Crippen MR) is 95.6 cm³/mol. The molecule has 0 aliphatic heterocycles. The number of hydrogen-bond acceptors (Lipinski definition) is 3. The summed E-state index contributed by atoms with van der Waals surface area (Å²) in [6.45, 7) is 1.60. The highest BCUT2D eigenvalue weighted by Gasteiger charge is 2.14. The van der Waals surface area contributed by atoms with Crippen LogP contribution in [0.1, 0.15) is 35.2 Å². The van der Waals surface area contributed by atoms with E-state index in [2.05, 4.69) is 50.6 Å². The number of anilines is 1. The van der Waals surface area contributed by atoms with E-state index in [1.165, 1.54) is 5.56 Å². The summed E-state index contributed by atoms with van der Waals surface area (Å²) in [6.07, 6.45) is 9.09. The molecule has 1 aromatic carbocycles. The number of Topliss-reactive ketones (excluding diaryl/α,β-unsaturated/α-hetero) is 1. The smallest absolute Gasteiger partial charge is 0.159 e. The van der Waals surface area contributed by atoms with E-state index >= 15 is 0 Å². The van der Waals surface area contributed by atoms with Gasteiger partial charge in [0.05, 0.1) is 10.7 Å². The molecular weight excluding hydrogens is 354 g/mol. The topological polar surface area (TPSA) is 46.9 Å². The summed E-state index contributed by atoms with van der Waals surface area (Å²) in [6, 6.07) is 7.87. The molecule has 2 aromatic rings. The lowest BCUT2D eigenvalue weighted by atomic mass is 9.90. The first-order valence-corrected chi connectivity index (χ1v) is 8.27. The largest absolute Gasteiger partial charge is 0.340 e. The zero-order valence-electron chi connectivity index (χ0n) is 13.1. The summed E-state index contributed by atoms with van der Waals surface area (Å²) in [5.41, 5.74) is 2.99. The lowest BCUT2D eigenvalue weighted by Gasteiger charge is -2.18. The van der Waals surface area contributed by atoms with Gasteiger partial charge in [0.1, 0.15) is 5.82 Å². The molecule has 0 saturated heterocycles. The van der Waals surface area contributed by atoms with Crippen LogP contribution in [0, 0.1) is 0 Å². The molecule has 1 atom stereocenters. The first kappa shape index (κ1) is 15.7. The highest BCUT2D eigenvalue weighted by atomic mass is 79.9. The van der Waals surface area contributed by atoms with Crippen LogP contribution in [0.25, 0.3) is 0 Å². The molecule has 1 aliphatic rings. The Hall–Kier alpha value is -2.14. The van der Waals surface area contributed by atoms with Gasteiger partial charge in [-0.25, -0.2) is 0 Å². The number of carbonyl (C=O) groups is 1. The number of ketones is 1. The number of benzene rings is 1. The Bertz CT molecular complexity index is 785. The van der Waals surface area contributed by atoms with Gasteiger partial charge < -0.3 is 5.32 Å². The minimum atomic E-state index is 0.102. The Balaban J connectivity index is 1.73. The Morgan fingerprint density at radius 2 is 2.26 bits per heavy atom. The van der Waals surface area contributed by atoms with Gasteiger partial charge in [-0.05, 0) is 47.0 Å². The summed E-state index contributed by atoms with van der Waals surface area (Å²) < 4.78 is 2.73. The molecule has 1 heterocycles. The Morgan fingerprint density at radius 3 is 2.87 bits per heavy atom. The maximum atomic E-state index is 11.5. The average Bonchev–Trinajstić information content (AvgIpc) is 2.87. The Labute approximate surface area is 144 Å². The van der Waals surface area contributed by atoms with Crippen LogP contribution in [0.3, 0.4) is 0 Å². The van der Waals surface area contributed by atoms with Gasteiger partial charge in [0.25, 0.3) is 0 Å². The van der Waals surface area contributed by atoms with Crippen LogP contribution in [-0.2, 0) is 7.05 Å². The molecule has 1 N–H and O–H groups in total. The van der Waals surface area contributed by atoms with E-state index in [0.717, 1.165) is 28.0 Å². The number of carbonyl (C=O) groups excluding carboxylic acids is 1. The van der Waals surface area contributed by atoms with Crippen LogP contribution in [0.5, 0.6) is 0 Å². The van der Waals surface area contributed by atoms with Crippen LogP contribution < -0.4 is 5.32 Å². The molecule has 0 fully saturated rings. The molecule has 0 saturated carbocycles. The van der Waals surface area contributed by atoms with Gasteiger partial charge in [-0.3, -0.25) is 9.48 Å². The molecule has 0 spiro atoms. The molecule has 3 rings (SSSR count). The molecule has 5 heteroatoms. The number of aromatic nitrogens is 2. The lowest BCUT2D eigenvalue weighted by Crippen LogP contribution is -2.08. The van der Waals surface area contributed by atoms with Crippen molar-refractivity contribution in [3.63, 3.8) is 0 Å². The molecule has 0 bridgehead atoms. The van der Waals surface area contributed by atoms with Crippen LogP contribution in [0.4, 0.5) is 5.82 Å². The van der Waals surface area contributed by atoms with Crippen molar-refractivity contribution in [1.82, 2.24) is 9.78 Å². The number of rotatable bonds is 4. The van der Waals surface area contributed by atoms with Crippen molar-refractivity contribution in [3.05, 3.63) is 70.0 Å². The van der Waals surface area contributed by atoms with E-state index in [1.807, 2.05) is 25.2 Å². The normalized spacial score (nSPS) is 17.0. The van der Waals surface area contributed by atoms with Gasteiger partial charge in [0.2, 0.25) is 0 Å². The fourth-order valence-corrected chi connectivity index (χ4v) is 3.08. The molecule has 23 heavy (non-hydrogen) atoms. The summed E-state index contributed by atoms with van der Waals surface area (Å²) in [5.74, 6) is 1.33. The zero-order chi connectivity index (χ0) is 16.4. The quantitative estimate of drug-likeness (QED) is 0.808. The highest BCUT2D eigenvalue weighted by molar-refractivity contribution is 9.10. The van der Waals surface area contributed by atoms with Crippen molar-refractivity contribution in [1.29, 1.82) is 0 Å². The van der Waals surface area contributed by atoms with Gasteiger partial charge in [-0.15, -0.1) is 0 Å². The van der Waals surface area contributed by atoms with Gasteiger partial charge >= 0.3 is 0 Å². The van der Waals surface area contributed by atoms with E-state index in [1.54, 1.807) is 17.8 Å². The molecule has 1 unspecified atom stereocenters. The number of halogens is 1. The fraction of sp³-hybridized carbons (Fsp3) is 0.222. The van der Waals surface area contributed by atoms with Crippen LogP contribution in [0.2, 0.25) is 0 Å². The second-order valence-electron chi connectivity index (χ2n) is 5.63. The van der Waals surface area contributed by atoms with Crippen LogP contribution in [-0.4, -0.2) is 15.6 Å². The van der Waals surface area contributed by atoms with Gasteiger partial charge in [0.15, 0.2) is 5.78 Å². The first-order chi connectivity index (χ1) is 11.0. The molecule has 0 amide bonds. The predicted octanol–water partition coefficient (Wildman–Crippen LogP) is 4.42. The maximum absolute atomic E-state index is 11.5. The molecular formula is C18H18BrN3O. The molecule has 1 aliphatic carbocycles. The van der Waals surface area contributed by atoms with Gasteiger partial charge in [0, 0.05) is 24.2 Å². The summed E-state index contributed by atoms with van der Waals surface area (Å²) in [5, 5.41) is 7.57. The van der Waals surface area contributed by atoms with E-state index in [9.17, 15) is 4.79 Å². The molecule has 1 aromatic heterocycles. The third-order valence-corrected chi connectivity index (χ3v) is 4.56. The zero-order valence-corrected chi connectivity index (χ0v) is 14.7. The molecule has 0 radical (unpaired) electrons. The minimum absolute atomic E-state index is 0.102. The first-order valence-electron chi connectivity index (χ1n) is 7.48. The summed E-state index contributed by atoms with van der Waals surface area (Å²) in [4.78, 5) is 11.5. The highest BCUT2D eigenvalue weighted by Crippen LogP contribution is 2.29. The average molecular weight is 372 g/mol. The number of allylic oxidation sites excluding steroid dienone is 3. The van der Waals surface area contributed by atoms with Crippen LogP contribution in [0.15, 0.2) is 58.9 Å². The third kappa shape index (κ3) is 3.45. The monoisotopic (exact) mass is 371 g/mol. The van der Waals surface area contributed by atoms with E-state index in [4.69, 9.17) is 0 Å². The van der Waals surface area contributed by atoms with Crippen molar-refractivity contribution in [2.75, 3.05) is 5.32 Å². The summed E-state index contributed by atoms with van der Waals surface area (Å²) in [7, 11) is 1.90. The Morgan fingerprint density at radius 1 is 1.43 bits per heavy atom. The van der Waals surface area contributed by atoms with Crippen molar-refractivity contribution < 1.29 is 4.79 Å². The Kier molecular flexibility index (Phi) is 4.48. The van der Waals surface area contributed by atoms with Gasteiger partial charge in [-0.2, -0.15) is 5.10 Å². The van der Waals surface area contributed by atoms with Crippen molar-refractivity contribution in [3.8, 4) is 0 Å². The fourth-order valence-electron chi connectivity index (χ4n) is 2.64. The number of aryl methyl sites for hydroxylation is 1. The SMILES string of the molecule is CC(=O)c1cccc(C2C=CC(Nc3c(Br)cnn3C)=CC2)c1. The van der Waals surface area contributed by atoms with E-state index < -0.39 is 0 Å². The second-order valence-corrected chi connectivity index (χ2v) is 6.49. The minimum Gasteiger partial charge on any atom is -0.340 e. The van der Waals surface area contributed by atoms with E-state index in [-0.39, 0.29) is 5.78 Å². The number of hydrogen-bond donors (Lipinski definition) is 1. The number of nitrogens with zero attached hydrogens (tertiary/aromatic N) is 2. The van der Waals surface area contributed by atoms with Crippen molar-refractivity contribution >= 4 is 27.5 Å².